The summed E-state index contributed by atoms with van der Waals surface area (Å²) in [6, 6.07) is 6.10. The van der Waals surface area contributed by atoms with Crippen molar-refractivity contribution < 1.29 is 13.9 Å². The van der Waals surface area contributed by atoms with E-state index < -0.39 is 0 Å². The Morgan fingerprint density at radius 1 is 1.15 bits per heavy atom. The van der Waals surface area contributed by atoms with Gasteiger partial charge in [0, 0.05) is 37.2 Å². The summed E-state index contributed by atoms with van der Waals surface area (Å²) < 4.78 is 12.0. The molecule has 3 heterocycles. The quantitative estimate of drug-likeness (QED) is 0.846. The van der Waals surface area contributed by atoms with Crippen LogP contribution in [0.3, 0.4) is 0 Å². The Morgan fingerprint density at radius 3 is 2.77 bits per heavy atom. The average Bonchev–Trinajstić information content (AvgIpc) is 3.17. The number of benzene rings is 1. The van der Waals surface area contributed by atoms with Crippen molar-refractivity contribution in [2.24, 2.45) is 0 Å². The molecular weight excluding hydrogens is 328 g/mol. The highest BCUT2D eigenvalue weighted by Crippen LogP contribution is 2.27. The molecule has 0 N–H and O–H groups in total. The van der Waals surface area contributed by atoms with E-state index in [9.17, 15) is 4.79 Å². The molecule has 0 radical (unpaired) electrons. The molecule has 5 heteroatoms. The van der Waals surface area contributed by atoms with Crippen LogP contribution >= 0.6 is 0 Å². The van der Waals surface area contributed by atoms with E-state index in [1.807, 2.05) is 30.9 Å². The summed E-state index contributed by atoms with van der Waals surface area (Å²) in [5.41, 5.74) is 2.87. The molecule has 0 spiro atoms. The van der Waals surface area contributed by atoms with Gasteiger partial charge in [-0.25, -0.2) is 0 Å². The third kappa shape index (κ3) is 3.51. The van der Waals surface area contributed by atoms with E-state index in [0.717, 1.165) is 61.3 Å². The summed E-state index contributed by atoms with van der Waals surface area (Å²) in [6.45, 7) is 9.32. The maximum atomic E-state index is 13.2. The molecule has 2 saturated heterocycles. The lowest BCUT2D eigenvalue weighted by atomic mass is 10.1. The highest BCUT2D eigenvalue weighted by Gasteiger charge is 2.29. The fourth-order valence-corrected chi connectivity index (χ4v) is 4.12. The average molecular weight is 356 g/mol. The van der Waals surface area contributed by atoms with Crippen molar-refractivity contribution in [2.45, 2.75) is 39.2 Å². The summed E-state index contributed by atoms with van der Waals surface area (Å²) >= 11 is 0. The number of ether oxygens (including phenoxy) is 1. The number of amides is 1. The molecule has 0 bridgehead atoms. The van der Waals surface area contributed by atoms with Gasteiger partial charge in [0.05, 0.1) is 6.10 Å². The first-order valence-corrected chi connectivity index (χ1v) is 9.75. The van der Waals surface area contributed by atoms with Crippen LogP contribution < -0.4 is 0 Å². The molecule has 2 aromatic rings. The third-order valence-electron chi connectivity index (χ3n) is 5.59. The molecule has 1 atom stereocenters. The van der Waals surface area contributed by atoms with E-state index in [1.54, 1.807) is 0 Å². The third-order valence-corrected chi connectivity index (χ3v) is 5.59. The van der Waals surface area contributed by atoms with Crippen molar-refractivity contribution in [1.82, 2.24) is 9.80 Å². The number of rotatable bonds is 3. The zero-order chi connectivity index (χ0) is 18.1. The number of aryl methyl sites for hydroxylation is 2. The van der Waals surface area contributed by atoms with Gasteiger partial charge in [-0.15, -0.1) is 0 Å². The van der Waals surface area contributed by atoms with E-state index in [4.69, 9.17) is 9.15 Å². The lowest BCUT2D eigenvalue weighted by Crippen LogP contribution is -2.41. The molecular formula is C21H28N2O3. The largest absolute Gasteiger partial charge is 0.451 e. The SMILES string of the molecule is Cc1ccc2c(C)c(C(=O)N3CCCO[C@H](CN4CCCC4)C3)oc2c1. The number of furan rings is 1. The van der Waals surface area contributed by atoms with Crippen LogP contribution in [0, 0.1) is 13.8 Å². The zero-order valence-corrected chi connectivity index (χ0v) is 15.8. The fourth-order valence-electron chi connectivity index (χ4n) is 4.12. The number of nitrogens with zero attached hydrogens (tertiary/aromatic N) is 2. The van der Waals surface area contributed by atoms with Gasteiger partial charge in [-0.3, -0.25) is 4.79 Å². The van der Waals surface area contributed by atoms with Gasteiger partial charge < -0.3 is 19.0 Å². The Kier molecular flexibility index (Phi) is 5.00. The summed E-state index contributed by atoms with van der Waals surface area (Å²) in [7, 11) is 0. The first kappa shape index (κ1) is 17.6. The topological polar surface area (TPSA) is 45.9 Å². The van der Waals surface area contributed by atoms with Crippen molar-refractivity contribution in [3.63, 3.8) is 0 Å². The minimum absolute atomic E-state index is 0.00623. The first-order valence-electron chi connectivity index (χ1n) is 9.75. The summed E-state index contributed by atoms with van der Waals surface area (Å²) in [5, 5.41) is 1.03. The van der Waals surface area contributed by atoms with E-state index >= 15 is 0 Å². The Morgan fingerprint density at radius 2 is 1.96 bits per heavy atom. The Hall–Kier alpha value is -1.85. The van der Waals surface area contributed by atoms with Crippen molar-refractivity contribution >= 4 is 16.9 Å². The van der Waals surface area contributed by atoms with Gasteiger partial charge in [0.25, 0.3) is 5.91 Å². The Balaban J connectivity index is 1.53. The van der Waals surface area contributed by atoms with Gasteiger partial charge in [-0.05, 0) is 57.8 Å². The summed E-state index contributed by atoms with van der Waals surface area (Å²) in [6.07, 6.45) is 3.51. The highest BCUT2D eigenvalue weighted by molar-refractivity contribution is 5.99. The Labute approximate surface area is 154 Å². The van der Waals surface area contributed by atoms with Gasteiger partial charge in [-0.1, -0.05) is 12.1 Å². The minimum atomic E-state index is -0.00623. The summed E-state index contributed by atoms with van der Waals surface area (Å²) in [4.78, 5) is 17.5. The number of hydrogen-bond acceptors (Lipinski definition) is 4. The monoisotopic (exact) mass is 356 g/mol. The van der Waals surface area contributed by atoms with E-state index in [2.05, 4.69) is 11.0 Å². The van der Waals surface area contributed by atoms with E-state index in [0.29, 0.717) is 12.3 Å². The van der Waals surface area contributed by atoms with E-state index in [1.165, 1.54) is 12.8 Å². The van der Waals surface area contributed by atoms with Crippen LogP contribution in [0.2, 0.25) is 0 Å². The van der Waals surface area contributed by atoms with Crippen molar-refractivity contribution in [1.29, 1.82) is 0 Å². The molecule has 1 amide bonds. The molecule has 5 nitrogen and oxygen atoms in total. The molecule has 2 aliphatic rings. The standard InChI is InChI=1S/C21H28N2O3/c1-15-6-7-18-16(2)20(26-19(18)12-15)21(24)23-10-5-11-25-17(14-23)13-22-8-3-4-9-22/h6-7,12,17H,3-5,8-11,13-14H2,1-2H3/t17-/m1/s1. The zero-order valence-electron chi connectivity index (χ0n) is 15.8. The number of fused-ring (bicyclic) bond motifs is 1. The Bertz CT molecular complexity index is 792. The minimum Gasteiger partial charge on any atom is -0.451 e. The lowest BCUT2D eigenvalue weighted by molar-refractivity contribution is 0.0291. The van der Waals surface area contributed by atoms with Crippen LogP contribution in [0.15, 0.2) is 22.6 Å². The van der Waals surface area contributed by atoms with Crippen LogP contribution in [0.5, 0.6) is 0 Å². The van der Waals surface area contributed by atoms with Gasteiger partial charge in [0.15, 0.2) is 5.76 Å². The molecule has 140 valence electrons. The van der Waals surface area contributed by atoms with Gasteiger partial charge in [-0.2, -0.15) is 0 Å². The second-order valence-electron chi connectivity index (χ2n) is 7.66. The second-order valence-corrected chi connectivity index (χ2v) is 7.66. The smallest absolute Gasteiger partial charge is 0.289 e. The van der Waals surface area contributed by atoms with Crippen molar-refractivity contribution in [3.8, 4) is 0 Å². The molecule has 1 aromatic heterocycles. The number of carbonyl (C=O) groups excluding carboxylic acids is 1. The molecule has 0 saturated carbocycles. The van der Waals surface area contributed by atoms with Crippen LogP contribution in [-0.2, 0) is 4.74 Å². The number of carbonyl (C=O) groups is 1. The van der Waals surface area contributed by atoms with Crippen LogP contribution in [0.4, 0.5) is 0 Å². The normalized spacial score (nSPS) is 22.1. The van der Waals surface area contributed by atoms with E-state index in [-0.39, 0.29) is 12.0 Å². The molecule has 2 fully saturated rings. The molecule has 2 aliphatic heterocycles. The molecule has 4 rings (SSSR count). The molecule has 0 aliphatic carbocycles. The maximum Gasteiger partial charge on any atom is 0.289 e. The first-order chi connectivity index (χ1) is 12.6. The highest BCUT2D eigenvalue weighted by atomic mass is 16.5. The fraction of sp³-hybridized carbons (Fsp3) is 0.571. The van der Waals surface area contributed by atoms with Gasteiger partial charge in [0.2, 0.25) is 0 Å². The van der Waals surface area contributed by atoms with Crippen LogP contribution in [-0.4, -0.2) is 61.1 Å². The second kappa shape index (κ2) is 7.41. The predicted molar refractivity (Wildman–Crippen MR) is 102 cm³/mol. The number of likely N-dealkylation sites (tertiary alicyclic amines) is 1. The molecule has 26 heavy (non-hydrogen) atoms. The molecule has 0 unspecified atom stereocenters. The van der Waals surface area contributed by atoms with Gasteiger partial charge >= 0.3 is 0 Å². The number of hydrogen-bond donors (Lipinski definition) is 0. The summed E-state index contributed by atoms with van der Waals surface area (Å²) in [5.74, 6) is 0.473. The predicted octanol–water partition coefficient (Wildman–Crippen LogP) is 3.38. The van der Waals surface area contributed by atoms with Crippen molar-refractivity contribution in [3.05, 3.63) is 35.1 Å². The molecule has 1 aromatic carbocycles. The van der Waals surface area contributed by atoms with Gasteiger partial charge in [0.1, 0.15) is 5.58 Å². The van der Waals surface area contributed by atoms with Crippen LogP contribution in [0.25, 0.3) is 11.0 Å². The maximum absolute atomic E-state index is 13.2. The van der Waals surface area contributed by atoms with Crippen LogP contribution in [0.1, 0.15) is 40.9 Å². The lowest BCUT2D eigenvalue weighted by Gasteiger charge is -2.26. The van der Waals surface area contributed by atoms with Crippen molar-refractivity contribution in [2.75, 3.05) is 39.3 Å².